The van der Waals surface area contributed by atoms with Gasteiger partial charge in [0.25, 0.3) is 0 Å². The molecule has 1 aliphatic carbocycles. The van der Waals surface area contributed by atoms with Gasteiger partial charge in [-0.1, -0.05) is 146 Å². The zero-order valence-electron chi connectivity index (χ0n) is 30.0. The third-order valence-electron chi connectivity index (χ3n) is 11.2. The van der Waals surface area contributed by atoms with E-state index in [9.17, 15) is 0 Å². The highest BCUT2D eigenvalue weighted by Gasteiger charge is 2.38. The Balaban J connectivity index is 1.12. The maximum Gasteiger partial charge on any atom is 0.139 e. The minimum absolute atomic E-state index is 0.0233. The van der Waals surface area contributed by atoms with Crippen LogP contribution in [0.1, 0.15) is 17.9 Å². The Labute approximate surface area is 319 Å². The first kappa shape index (κ1) is 31.4. The molecule has 0 amide bonds. The average molecular weight is 706 g/mol. The highest BCUT2D eigenvalue weighted by Crippen LogP contribution is 2.55. The Morgan fingerprint density at radius 2 is 1.15 bits per heavy atom. The molecule has 0 saturated heterocycles. The molecule has 260 valence electrons. The van der Waals surface area contributed by atoms with Gasteiger partial charge >= 0.3 is 0 Å². The molecule has 1 unspecified atom stereocenters. The van der Waals surface area contributed by atoms with Crippen molar-refractivity contribution in [1.82, 2.24) is 0 Å². The summed E-state index contributed by atoms with van der Waals surface area (Å²) in [7, 11) is 0. The smallest absolute Gasteiger partial charge is 0.139 e. The summed E-state index contributed by atoms with van der Waals surface area (Å²) in [5.41, 5.74) is 13.0. The fourth-order valence-corrected chi connectivity index (χ4v) is 8.56. The number of fused-ring (bicyclic) bond motifs is 7. The number of benzene rings is 8. The van der Waals surface area contributed by atoms with Crippen LogP contribution < -0.4 is 9.64 Å². The molecule has 1 aromatic heterocycles. The van der Waals surface area contributed by atoms with E-state index in [2.05, 4.69) is 193 Å². The fourth-order valence-electron chi connectivity index (χ4n) is 8.56. The van der Waals surface area contributed by atoms with Crippen molar-refractivity contribution in [2.75, 3.05) is 4.90 Å². The molecular formula is C52H35NO2. The van der Waals surface area contributed by atoms with Crippen molar-refractivity contribution in [2.24, 2.45) is 0 Å². The van der Waals surface area contributed by atoms with E-state index in [1.54, 1.807) is 0 Å². The summed E-state index contributed by atoms with van der Waals surface area (Å²) in [5.74, 6) is 1.88. The number of nitrogens with zero attached hydrogens (tertiary/aromatic N) is 1. The van der Waals surface area contributed by atoms with E-state index >= 15 is 0 Å². The molecule has 3 nitrogen and oxygen atoms in total. The largest absolute Gasteiger partial charge is 0.458 e. The summed E-state index contributed by atoms with van der Waals surface area (Å²) in [4.78, 5) is 2.36. The molecule has 0 radical (unpaired) electrons. The lowest BCUT2D eigenvalue weighted by molar-refractivity contribution is 0.419. The summed E-state index contributed by atoms with van der Waals surface area (Å²) in [5, 5.41) is 4.57. The van der Waals surface area contributed by atoms with Crippen LogP contribution >= 0.6 is 0 Å². The summed E-state index contributed by atoms with van der Waals surface area (Å²) in [6, 6.07) is 64.7. The van der Waals surface area contributed by atoms with Gasteiger partial charge in [0.2, 0.25) is 0 Å². The van der Waals surface area contributed by atoms with Crippen LogP contribution in [0.15, 0.2) is 210 Å². The van der Waals surface area contributed by atoms with E-state index < -0.39 is 0 Å². The predicted molar refractivity (Wildman–Crippen MR) is 227 cm³/mol. The van der Waals surface area contributed by atoms with E-state index in [0.717, 1.165) is 79.2 Å². The van der Waals surface area contributed by atoms with Crippen molar-refractivity contribution in [1.29, 1.82) is 0 Å². The van der Waals surface area contributed by atoms with Gasteiger partial charge in [-0.05, 0) is 93.6 Å². The predicted octanol–water partition coefficient (Wildman–Crippen LogP) is 14.2. The number of para-hydroxylation sites is 1. The standard InChI is InChI=1S/C52H35NO2/c1-3-13-34(14-4-1)37-25-28-41(29-26-37)53(42-30-27-36-17-7-8-18-39(36)32-42)46-23-12-22-43-45-33-48-50(44-21-9-10-24-47(44)54-48)49(52(45)55-51(43)46)40-20-11-19-38(31-40)35-15-5-2-6-16-35/h1-21,23-33,43H,22H2. The SMILES string of the molecule is C1=CC(N(c2ccc(-c3ccccc3)cc2)c2ccc3ccccc3c2)=C2Oc3c(cc4oc5ccccc5c4c3-c3cccc(-c4ccccc4)c3)C2C1. The number of ether oxygens (including phenoxy) is 1. The van der Waals surface area contributed by atoms with E-state index in [1.165, 1.54) is 27.5 Å². The van der Waals surface area contributed by atoms with Crippen LogP contribution in [-0.4, -0.2) is 0 Å². The number of rotatable bonds is 6. The maximum absolute atomic E-state index is 7.33. The normalized spacial score (nSPS) is 14.7. The highest BCUT2D eigenvalue weighted by atomic mass is 16.5. The van der Waals surface area contributed by atoms with Crippen molar-refractivity contribution in [2.45, 2.75) is 12.3 Å². The van der Waals surface area contributed by atoms with Crippen LogP contribution in [0, 0.1) is 0 Å². The molecule has 55 heavy (non-hydrogen) atoms. The molecule has 0 saturated carbocycles. The minimum Gasteiger partial charge on any atom is -0.458 e. The van der Waals surface area contributed by atoms with Crippen LogP contribution in [0.25, 0.3) is 66.1 Å². The van der Waals surface area contributed by atoms with Crippen molar-refractivity contribution >= 4 is 44.1 Å². The van der Waals surface area contributed by atoms with Crippen molar-refractivity contribution in [3.63, 3.8) is 0 Å². The molecule has 0 bridgehead atoms. The fraction of sp³-hybridized carbons (Fsp3) is 0.0385. The third kappa shape index (κ3) is 5.27. The summed E-state index contributed by atoms with van der Waals surface area (Å²) < 4.78 is 14.0. The molecular weight excluding hydrogens is 671 g/mol. The lowest BCUT2D eigenvalue weighted by Gasteiger charge is -2.30. The zero-order chi connectivity index (χ0) is 36.3. The Kier molecular flexibility index (Phi) is 7.31. The molecule has 0 fully saturated rings. The van der Waals surface area contributed by atoms with E-state index in [0.29, 0.717) is 0 Å². The number of allylic oxidation sites excluding steroid dienone is 3. The van der Waals surface area contributed by atoms with Crippen molar-refractivity contribution in [3.8, 4) is 39.1 Å². The second-order valence-electron chi connectivity index (χ2n) is 14.4. The van der Waals surface area contributed by atoms with Crippen LogP contribution in [0.3, 0.4) is 0 Å². The monoisotopic (exact) mass is 705 g/mol. The van der Waals surface area contributed by atoms with Gasteiger partial charge < -0.3 is 14.1 Å². The topological polar surface area (TPSA) is 25.6 Å². The summed E-state index contributed by atoms with van der Waals surface area (Å²) in [6.45, 7) is 0. The Bertz CT molecular complexity index is 2970. The van der Waals surface area contributed by atoms with Gasteiger partial charge in [-0.3, -0.25) is 0 Å². The van der Waals surface area contributed by atoms with Gasteiger partial charge in [-0.2, -0.15) is 0 Å². The Hall–Kier alpha value is -7.10. The van der Waals surface area contributed by atoms with Gasteiger partial charge in [0.15, 0.2) is 0 Å². The molecule has 1 atom stereocenters. The summed E-state index contributed by atoms with van der Waals surface area (Å²) in [6.07, 6.45) is 5.37. The molecule has 8 aromatic carbocycles. The van der Waals surface area contributed by atoms with E-state index in [1.807, 2.05) is 6.07 Å². The van der Waals surface area contributed by atoms with E-state index in [4.69, 9.17) is 9.15 Å². The lowest BCUT2D eigenvalue weighted by Crippen LogP contribution is -2.21. The molecule has 11 rings (SSSR count). The lowest BCUT2D eigenvalue weighted by atomic mass is 9.87. The molecule has 0 spiro atoms. The minimum atomic E-state index is 0.0233. The van der Waals surface area contributed by atoms with Gasteiger partial charge in [-0.25, -0.2) is 0 Å². The van der Waals surface area contributed by atoms with Gasteiger partial charge in [0, 0.05) is 33.3 Å². The molecule has 2 heterocycles. The van der Waals surface area contributed by atoms with Gasteiger partial charge in [0.1, 0.15) is 22.7 Å². The van der Waals surface area contributed by atoms with Gasteiger partial charge in [0.05, 0.1) is 11.6 Å². The molecule has 2 aliphatic rings. The molecule has 0 N–H and O–H groups in total. The number of hydrogen-bond donors (Lipinski definition) is 0. The number of furan rings is 1. The first-order chi connectivity index (χ1) is 27.3. The number of hydrogen-bond acceptors (Lipinski definition) is 3. The second kappa shape index (κ2) is 12.8. The second-order valence-corrected chi connectivity index (χ2v) is 14.4. The van der Waals surface area contributed by atoms with Crippen LogP contribution in [0.2, 0.25) is 0 Å². The average Bonchev–Trinajstić information content (AvgIpc) is 3.82. The molecule has 1 aliphatic heterocycles. The zero-order valence-corrected chi connectivity index (χ0v) is 30.0. The highest BCUT2D eigenvalue weighted by molar-refractivity contribution is 6.15. The Morgan fingerprint density at radius 3 is 1.96 bits per heavy atom. The maximum atomic E-state index is 7.33. The van der Waals surface area contributed by atoms with E-state index in [-0.39, 0.29) is 5.92 Å². The van der Waals surface area contributed by atoms with Gasteiger partial charge in [-0.15, -0.1) is 0 Å². The van der Waals surface area contributed by atoms with Crippen LogP contribution in [0.4, 0.5) is 11.4 Å². The third-order valence-corrected chi connectivity index (χ3v) is 11.2. The first-order valence-electron chi connectivity index (χ1n) is 18.9. The van der Waals surface area contributed by atoms with Crippen molar-refractivity contribution in [3.05, 3.63) is 211 Å². The van der Waals surface area contributed by atoms with Crippen LogP contribution in [-0.2, 0) is 0 Å². The number of anilines is 2. The van der Waals surface area contributed by atoms with Crippen LogP contribution in [0.5, 0.6) is 5.75 Å². The molecule has 3 heteroatoms. The van der Waals surface area contributed by atoms with Crippen molar-refractivity contribution < 1.29 is 9.15 Å². The summed E-state index contributed by atoms with van der Waals surface area (Å²) >= 11 is 0. The Morgan fingerprint density at radius 1 is 0.491 bits per heavy atom. The molecule has 9 aromatic rings. The first-order valence-corrected chi connectivity index (χ1v) is 18.9. The quantitative estimate of drug-likeness (QED) is 0.172.